The summed E-state index contributed by atoms with van der Waals surface area (Å²) < 4.78 is 58.8. The van der Waals surface area contributed by atoms with Gasteiger partial charge in [-0.25, -0.2) is 21.1 Å². The van der Waals surface area contributed by atoms with Crippen molar-refractivity contribution in [1.29, 1.82) is 0 Å². The zero-order valence-electron chi connectivity index (χ0n) is 16.4. The second-order valence-electron chi connectivity index (χ2n) is 6.74. The lowest BCUT2D eigenvalue weighted by atomic mass is 10.2. The van der Waals surface area contributed by atoms with Gasteiger partial charge in [0.25, 0.3) is 0 Å². The molecule has 30 heavy (non-hydrogen) atoms. The molecule has 0 unspecified atom stereocenters. The first-order valence-corrected chi connectivity index (χ1v) is 12.2. The summed E-state index contributed by atoms with van der Waals surface area (Å²) >= 11 is 5.92. The topological polar surface area (TPSA) is 87.9 Å². The highest BCUT2D eigenvalue weighted by atomic mass is 35.5. The lowest BCUT2D eigenvalue weighted by Crippen LogP contribution is -2.30. The van der Waals surface area contributed by atoms with Crippen molar-refractivity contribution in [2.75, 3.05) is 14.1 Å². The van der Waals surface area contributed by atoms with E-state index in [2.05, 4.69) is 0 Å². The Morgan fingerprint density at radius 3 is 1.87 bits per heavy atom. The summed E-state index contributed by atoms with van der Waals surface area (Å²) in [6, 6.07) is 15.4. The van der Waals surface area contributed by atoms with Crippen LogP contribution in [-0.4, -0.2) is 39.5 Å². The number of halogens is 1. The maximum Gasteiger partial charge on any atom is 0.243 e. The van der Waals surface area contributed by atoms with Crippen LogP contribution in [0.2, 0.25) is 5.02 Å². The van der Waals surface area contributed by atoms with Crippen LogP contribution >= 0.6 is 11.6 Å². The van der Waals surface area contributed by atoms with Crippen molar-refractivity contribution in [1.82, 2.24) is 8.61 Å². The van der Waals surface area contributed by atoms with Gasteiger partial charge in [-0.1, -0.05) is 23.7 Å². The molecule has 0 fully saturated rings. The molecule has 0 radical (unpaired) electrons. The van der Waals surface area contributed by atoms with E-state index in [1.54, 1.807) is 36.4 Å². The van der Waals surface area contributed by atoms with Crippen LogP contribution in [0.3, 0.4) is 0 Å². The van der Waals surface area contributed by atoms with E-state index in [1.807, 2.05) is 0 Å². The molecule has 3 rings (SSSR count). The van der Waals surface area contributed by atoms with Gasteiger partial charge in [0.2, 0.25) is 20.0 Å². The zero-order valence-corrected chi connectivity index (χ0v) is 18.8. The lowest BCUT2D eigenvalue weighted by Gasteiger charge is -2.22. The SMILES string of the molecule is CN(C)S(=O)(=O)c1ccc(S(=O)(=O)N(Cc2ccc(Cl)cc2)Cc2ccco2)cc1. The quantitative estimate of drug-likeness (QED) is 0.504. The molecule has 0 aliphatic carbocycles. The highest BCUT2D eigenvalue weighted by molar-refractivity contribution is 7.89. The summed E-state index contributed by atoms with van der Waals surface area (Å²) in [5.41, 5.74) is 0.751. The molecule has 0 saturated carbocycles. The van der Waals surface area contributed by atoms with Crippen LogP contribution < -0.4 is 0 Å². The van der Waals surface area contributed by atoms with Crippen LogP contribution in [-0.2, 0) is 33.1 Å². The van der Waals surface area contributed by atoms with Gasteiger partial charge < -0.3 is 4.42 Å². The molecule has 0 aliphatic rings. The molecule has 160 valence electrons. The molecule has 2 aromatic carbocycles. The first-order valence-electron chi connectivity index (χ1n) is 8.90. The van der Waals surface area contributed by atoms with Crippen molar-refractivity contribution >= 4 is 31.6 Å². The molecule has 0 aliphatic heterocycles. The fraction of sp³-hybridized carbons (Fsp3) is 0.200. The normalized spacial score (nSPS) is 12.6. The zero-order chi connectivity index (χ0) is 21.9. The van der Waals surface area contributed by atoms with Crippen molar-refractivity contribution in [2.45, 2.75) is 22.9 Å². The number of furan rings is 1. The molecule has 0 atom stereocenters. The third-order valence-corrected chi connectivity index (χ3v) is 8.31. The van der Waals surface area contributed by atoms with Crippen LogP contribution in [0.1, 0.15) is 11.3 Å². The molecule has 0 N–H and O–H groups in total. The molecule has 10 heteroatoms. The Hall–Kier alpha value is -2.17. The molecule has 7 nitrogen and oxygen atoms in total. The van der Waals surface area contributed by atoms with Gasteiger partial charge >= 0.3 is 0 Å². The summed E-state index contributed by atoms with van der Waals surface area (Å²) in [7, 11) is -4.76. The van der Waals surface area contributed by atoms with Crippen LogP contribution in [0.4, 0.5) is 0 Å². The van der Waals surface area contributed by atoms with Gasteiger partial charge in [0, 0.05) is 25.7 Å². The number of hydrogen-bond acceptors (Lipinski definition) is 5. The minimum absolute atomic E-state index is 0.0132. The summed E-state index contributed by atoms with van der Waals surface area (Å²) in [5, 5.41) is 0.553. The monoisotopic (exact) mass is 468 g/mol. The Kier molecular flexibility index (Phi) is 6.68. The predicted octanol–water partition coefficient (Wildman–Crippen LogP) is 3.57. The Bertz CT molecular complexity index is 1190. The second-order valence-corrected chi connectivity index (χ2v) is 11.3. The molecule has 1 aromatic heterocycles. The highest BCUT2D eigenvalue weighted by Gasteiger charge is 2.27. The standard InChI is InChI=1S/C20H21ClN2O5S2/c1-22(2)29(24,25)19-9-11-20(12-10-19)30(26,27)23(15-18-4-3-13-28-18)14-16-5-7-17(21)8-6-16/h3-13H,14-15H2,1-2H3. The minimum Gasteiger partial charge on any atom is -0.468 e. The fourth-order valence-electron chi connectivity index (χ4n) is 2.74. The van der Waals surface area contributed by atoms with Gasteiger partial charge in [0.15, 0.2) is 0 Å². The molecule has 0 saturated heterocycles. The van der Waals surface area contributed by atoms with E-state index in [-0.39, 0.29) is 22.9 Å². The Morgan fingerprint density at radius 2 is 1.37 bits per heavy atom. The number of hydrogen-bond donors (Lipinski definition) is 0. The third-order valence-electron chi connectivity index (χ3n) is 4.42. The number of rotatable bonds is 8. The molecule has 1 heterocycles. The van der Waals surface area contributed by atoms with Crippen LogP contribution in [0, 0.1) is 0 Å². The van der Waals surface area contributed by atoms with Crippen molar-refractivity contribution in [3.63, 3.8) is 0 Å². The number of nitrogens with zero attached hydrogens (tertiary/aromatic N) is 2. The first kappa shape index (κ1) is 22.5. The molecular weight excluding hydrogens is 448 g/mol. The van der Waals surface area contributed by atoms with E-state index < -0.39 is 20.0 Å². The molecule has 0 spiro atoms. The smallest absolute Gasteiger partial charge is 0.243 e. The summed E-state index contributed by atoms with van der Waals surface area (Å²) in [4.78, 5) is 0.00228. The lowest BCUT2D eigenvalue weighted by molar-refractivity contribution is 0.358. The van der Waals surface area contributed by atoms with Gasteiger partial charge in [-0.05, 0) is 54.1 Å². The van der Waals surface area contributed by atoms with Crippen LogP contribution in [0.25, 0.3) is 0 Å². The maximum absolute atomic E-state index is 13.3. The first-order chi connectivity index (χ1) is 14.1. The molecule has 3 aromatic rings. The van der Waals surface area contributed by atoms with Crippen molar-refractivity contribution in [3.05, 3.63) is 83.3 Å². The highest BCUT2D eigenvalue weighted by Crippen LogP contribution is 2.24. The third kappa shape index (κ3) is 4.93. The average Bonchev–Trinajstić information content (AvgIpc) is 3.22. The van der Waals surface area contributed by atoms with Gasteiger partial charge in [-0.15, -0.1) is 0 Å². The predicted molar refractivity (Wildman–Crippen MR) is 114 cm³/mol. The van der Waals surface area contributed by atoms with Gasteiger partial charge in [-0.2, -0.15) is 4.31 Å². The van der Waals surface area contributed by atoms with E-state index in [9.17, 15) is 16.8 Å². The van der Waals surface area contributed by atoms with Gasteiger partial charge in [-0.3, -0.25) is 0 Å². The van der Waals surface area contributed by atoms with E-state index in [0.29, 0.717) is 10.8 Å². The van der Waals surface area contributed by atoms with Crippen molar-refractivity contribution < 1.29 is 21.3 Å². The summed E-state index contributed by atoms with van der Waals surface area (Å²) in [6.07, 6.45) is 1.48. The average molecular weight is 469 g/mol. The van der Waals surface area contributed by atoms with E-state index in [4.69, 9.17) is 16.0 Å². The second kappa shape index (κ2) is 8.91. The van der Waals surface area contributed by atoms with Crippen LogP contribution in [0.15, 0.2) is 81.1 Å². The molecule has 0 amide bonds. The Labute approximate surface area is 181 Å². The minimum atomic E-state index is -3.94. The summed E-state index contributed by atoms with van der Waals surface area (Å²) in [5.74, 6) is 0.486. The van der Waals surface area contributed by atoms with E-state index >= 15 is 0 Å². The summed E-state index contributed by atoms with van der Waals surface area (Å²) in [6.45, 7) is 0.119. The molecule has 0 bridgehead atoms. The van der Waals surface area contributed by atoms with Crippen molar-refractivity contribution in [2.24, 2.45) is 0 Å². The largest absolute Gasteiger partial charge is 0.468 e. The van der Waals surface area contributed by atoms with E-state index in [1.165, 1.54) is 48.9 Å². The van der Waals surface area contributed by atoms with Gasteiger partial charge in [0.1, 0.15) is 5.76 Å². The number of benzene rings is 2. The Balaban J connectivity index is 1.95. The number of sulfonamides is 2. The molecular formula is C20H21ClN2O5S2. The van der Waals surface area contributed by atoms with E-state index in [0.717, 1.165) is 9.87 Å². The van der Waals surface area contributed by atoms with Crippen molar-refractivity contribution in [3.8, 4) is 0 Å². The van der Waals surface area contributed by atoms with Crippen LogP contribution in [0.5, 0.6) is 0 Å². The van der Waals surface area contributed by atoms with Gasteiger partial charge in [0.05, 0.1) is 22.6 Å². The Morgan fingerprint density at radius 1 is 0.800 bits per heavy atom. The maximum atomic E-state index is 13.3. The fourth-order valence-corrected chi connectivity index (χ4v) is 5.16.